The number of carbonyl (C=O) groups is 1. The molecule has 0 aromatic heterocycles. The van der Waals surface area contributed by atoms with Crippen LogP contribution in [0.15, 0.2) is 0 Å². The maximum atomic E-state index is 11.2. The number of aliphatic hydroxyl groups is 2. The molecule has 23 heavy (non-hydrogen) atoms. The molecule has 1 rings (SSSR count). The first-order chi connectivity index (χ1) is 10.7. The maximum absolute atomic E-state index is 11.2. The van der Waals surface area contributed by atoms with Gasteiger partial charge in [-0.05, 0) is 13.0 Å². The molecule has 0 spiro atoms. The quantitative estimate of drug-likeness (QED) is 0.224. The second kappa shape index (κ2) is 8.84. The van der Waals surface area contributed by atoms with Crippen molar-refractivity contribution < 1.29 is 41.6 Å². The first-order valence-electron chi connectivity index (χ1n) is 6.88. The highest BCUT2D eigenvalue weighted by Crippen LogP contribution is 2.23. The van der Waals surface area contributed by atoms with E-state index in [0.29, 0.717) is 13.0 Å². The summed E-state index contributed by atoms with van der Waals surface area (Å²) in [6.07, 6.45) is -5.02. The summed E-state index contributed by atoms with van der Waals surface area (Å²) in [4.78, 5) is 11.2. The van der Waals surface area contributed by atoms with Crippen molar-refractivity contribution in [1.82, 2.24) is 5.32 Å². The lowest BCUT2D eigenvalue weighted by atomic mass is 9.97. The third-order valence-corrected chi connectivity index (χ3v) is 3.52. The zero-order valence-corrected chi connectivity index (χ0v) is 13.3. The molecule has 0 aliphatic carbocycles. The van der Waals surface area contributed by atoms with Gasteiger partial charge in [-0.1, -0.05) is 0 Å². The van der Waals surface area contributed by atoms with Crippen LogP contribution in [0.2, 0.25) is 0 Å². The Bertz CT molecular complexity index is 486. The fourth-order valence-corrected chi connectivity index (χ4v) is 2.34. The van der Waals surface area contributed by atoms with Crippen LogP contribution in [-0.4, -0.2) is 79.5 Å². The molecule has 136 valence electrons. The Kier molecular flexibility index (Phi) is 7.76. The molecule has 1 saturated heterocycles. The van der Waals surface area contributed by atoms with Gasteiger partial charge in [-0.3, -0.25) is 9.35 Å². The van der Waals surface area contributed by atoms with E-state index in [1.54, 1.807) is 0 Å². The number of nitrogens with one attached hydrogen (secondary N) is 1. The van der Waals surface area contributed by atoms with Gasteiger partial charge in [0.05, 0.1) is 13.2 Å². The molecule has 1 heterocycles. The summed E-state index contributed by atoms with van der Waals surface area (Å²) in [5, 5.41) is 22.4. The fourth-order valence-electron chi connectivity index (χ4n) is 2.04. The zero-order chi connectivity index (χ0) is 17.6. The SMILES string of the molecule is CC(=O)N[C@H]1[C@H](OCCCN)O[C@H](COS(=O)(=O)O)[C@@H](O)[C@@H]1O. The summed E-state index contributed by atoms with van der Waals surface area (Å²) >= 11 is 0. The van der Waals surface area contributed by atoms with Crippen molar-refractivity contribution in [2.75, 3.05) is 19.8 Å². The molecule has 5 atom stereocenters. The average molecular weight is 358 g/mol. The monoisotopic (exact) mass is 358 g/mol. The summed E-state index contributed by atoms with van der Waals surface area (Å²) in [5.41, 5.74) is 5.34. The minimum atomic E-state index is -4.74. The summed E-state index contributed by atoms with van der Waals surface area (Å²) in [6, 6.07) is -1.07. The first-order valence-corrected chi connectivity index (χ1v) is 8.24. The van der Waals surface area contributed by atoms with E-state index in [1.807, 2.05) is 0 Å². The molecule has 1 aliphatic heterocycles. The summed E-state index contributed by atoms with van der Waals surface area (Å²) in [5.74, 6) is -0.482. The van der Waals surface area contributed by atoms with Gasteiger partial charge in [0.2, 0.25) is 5.91 Å². The van der Waals surface area contributed by atoms with Crippen LogP contribution < -0.4 is 11.1 Å². The smallest absolute Gasteiger partial charge is 0.388 e. The highest BCUT2D eigenvalue weighted by molar-refractivity contribution is 7.80. The first kappa shape index (κ1) is 20.2. The van der Waals surface area contributed by atoms with E-state index in [0.717, 1.165) is 0 Å². The van der Waals surface area contributed by atoms with Crippen molar-refractivity contribution in [3.05, 3.63) is 0 Å². The third-order valence-electron chi connectivity index (χ3n) is 3.08. The topological polar surface area (TPSA) is 178 Å². The molecule has 6 N–H and O–H groups in total. The number of hydrogen-bond acceptors (Lipinski definition) is 9. The van der Waals surface area contributed by atoms with Crippen LogP contribution in [0.5, 0.6) is 0 Å². The second-order valence-corrected chi connectivity index (χ2v) is 6.07. The highest BCUT2D eigenvalue weighted by atomic mass is 32.3. The van der Waals surface area contributed by atoms with E-state index in [2.05, 4.69) is 9.50 Å². The Hall–Kier alpha value is -0.860. The molecule has 0 aromatic rings. The van der Waals surface area contributed by atoms with Crippen molar-refractivity contribution in [3.8, 4) is 0 Å². The second-order valence-electron chi connectivity index (χ2n) is 4.98. The average Bonchev–Trinajstić information content (AvgIpc) is 2.44. The van der Waals surface area contributed by atoms with Crippen LogP contribution in [0.3, 0.4) is 0 Å². The van der Waals surface area contributed by atoms with Crippen LogP contribution in [0.25, 0.3) is 0 Å². The Morgan fingerprint density at radius 1 is 1.35 bits per heavy atom. The number of nitrogens with two attached hydrogens (primary N) is 1. The van der Waals surface area contributed by atoms with Crippen LogP contribution in [-0.2, 0) is 28.9 Å². The molecule has 1 amide bonds. The Balaban J connectivity index is 2.80. The molecule has 0 unspecified atom stereocenters. The number of rotatable bonds is 8. The predicted octanol–water partition coefficient (Wildman–Crippen LogP) is -2.88. The highest BCUT2D eigenvalue weighted by Gasteiger charge is 2.46. The van der Waals surface area contributed by atoms with Crippen LogP contribution in [0.4, 0.5) is 0 Å². The van der Waals surface area contributed by atoms with Crippen molar-refractivity contribution in [1.29, 1.82) is 0 Å². The molecule has 0 aromatic carbocycles. The Morgan fingerprint density at radius 3 is 2.52 bits per heavy atom. The molecule has 0 saturated carbocycles. The van der Waals surface area contributed by atoms with Crippen LogP contribution in [0, 0.1) is 0 Å². The fraction of sp³-hybridized carbons (Fsp3) is 0.909. The molecule has 1 aliphatic rings. The van der Waals surface area contributed by atoms with Gasteiger partial charge in [-0.15, -0.1) is 0 Å². The number of aliphatic hydroxyl groups excluding tert-OH is 2. The molecular weight excluding hydrogens is 336 g/mol. The standard InChI is InChI=1S/C11H22N2O9S/c1-6(14)13-8-10(16)9(15)7(5-21-23(17,18)19)22-11(8)20-4-2-3-12/h7-11,15-16H,2-5,12H2,1H3,(H,13,14)(H,17,18,19)/t7-,8-,9-,10-,11-/m1/s1. The van der Waals surface area contributed by atoms with Gasteiger partial charge in [0.1, 0.15) is 24.4 Å². The number of carbonyl (C=O) groups excluding carboxylic acids is 1. The van der Waals surface area contributed by atoms with Gasteiger partial charge in [0, 0.05) is 6.92 Å². The molecule has 0 radical (unpaired) electrons. The third kappa shape index (κ3) is 6.64. The van der Waals surface area contributed by atoms with Crippen molar-refractivity contribution in [2.45, 2.75) is 44.0 Å². The van der Waals surface area contributed by atoms with E-state index in [4.69, 9.17) is 19.8 Å². The molecule has 12 heteroatoms. The van der Waals surface area contributed by atoms with Gasteiger partial charge in [0.15, 0.2) is 6.29 Å². The van der Waals surface area contributed by atoms with Crippen LogP contribution in [0.1, 0.15) is 13.3 Å². The zero-order valence-electron chi connectivity index (χ0n) is 12.5. The van der Waals surface area contributed by atoms with Gasteiger partial charge in [-0.2, -0.15) is 8.42 Å². The largest absolute Gasteiger partial charge is 0.397 e. The van der Waals surface area contributed by atoms with Crippen molar-refractivity contribution >= 4 is 16.3 Å². The molecule has 11 nitrogen and oxygen atoms in total. The van der Waals surface area contributed by atoms with E-state index in [1.165, 1.54) is 6.92 Å². The Labute approximate surface area is 133 Å². The number of hydrogen-bond donors (Lipinski definition) is 5. The maximum Gasteiger partial charge on any atom is 0.397 e. The minimum absolute atomic E-state index is 0.159. The van der Waals surface area contributed by atoms with E-state index < -0.39 is 53.6 Å². The van der Waals surface area contributed by atoms with Gasteiger partial charge in [-0.25, -0.2) is 4.18 Å². The van der Waals surface area contributed by atoms with Gasteiger partial charge in [0.25, 0.3) is 0 Å². The predicted molar refractivity (Wildman–Crippen MR) is 75.4 cm³/mol. The van der Waals surface area contributed by atoms with Gasteiger partial charge < -0.3 is 30.7 Å². The lowest BCUT2D eigenvalue weighted by molar-refractivity contribution is -0.268. The van der Waals surface area contributed by atoms with Crippen LogP contribution >= 0.6 is 0 Å². The van der Waals surface area contributed by atoms with Crippen molar-refractivity contribution in [2.24, 2.45) is 5.73 Å². The Morgan fingerprint density at radius 2 is 2.00 bits per heavy atom. The lowest BCUT2D eigenvalue weighted by Crippen LogP contribution is -2.64. The van der Waals surface area contributed by atoms with Crippen molar-refractivity contribution in [3.63, 3.8) is 0 Å². The van der Waals surface area contributed by atoms with E-state index in [9.17, 15) is 23.4 Å². The summed E-state index contributed by atoms with van der Waals surface area (Å²) in [7, 11) is -4.74. The van der Waals surface area contributed by atoms with E-state index in [-0.39, 0.29) is 6.61 Å². The molecule has 1 fully saturated rings. The minimum Gasteiger partial charge on any atom is -0.388 e. The van der Waals surface area contributed by atoms with Gasteiger partial charge >= 0.3 is 10.4 Å². The summed E-state index contributed by atoms with van der Waals surface area (Å²) in [6.45, 7) is 0.980. The summed E-state index contributed by atoms with van der Waals surface area (Å²) < 4.78 is 44.6. The number of ether oxygens (including phenoxy) is 2. The van der Waals surface area contributed by atoms with E-state index >= 15 is 0 Å². The molecule has 0 bridgehead atoms. The lowest BCUT2D eigenvalue weighted by Gasteiger charge is -2.42. The molecular formula is C11H22N2O9S. The number of amides is 1. The normalized spacial score (nSPS) is 31.8.